The molecule has 0 aliphatic carbocycles. The molecule has 146 valence electrons. The molecule has 6 heteroatoms. The van der Waals surface area contributed by atoms with E-state index >= 15 is 0 Å². The molecule has 1 unspecified atom stereocenters. The van der Waals surface area contributed by atoms with Gasteiger partial charge in [0.2, 0.25) is 0 Å². The van der Waals surface area contributed by atoms with Crippen molar-refractivity contribution in [3.63, 3.8) is 0 Å². The van der Waals surface area contributed by atoms with E-state index in [2.05, 4.69) is 0 Å². The number of carbonyl (C=O) groups excluding carboxylic acids is 1. The maximum Gasteiger partial charge on any atom is 0.264 e. The number of carbonyl (C=O) groups is 1. The zero-order chi connectivity index (χ0) is 20.1. The zero-order valence-electron chi connectivity index (χ0n) is 15.7. The van der Waals surface area contributed by atoms with Gasteiger partial charge in [-0.15, -0.1) is 0 Å². The standard InChI is InChI=1S/C22H21ClFNO3/c1-15-12-19(9-10-21(15)23)28-16(2)22(26)25(14-20-4-3-11-27-20)13-17-5-7-18(24)8-6-17/h3-12,16H,13-14H2,1-2H3. The third kappa shape index (κ3) is 5.14. The first-order chi connectivity index (χ1) is 13.4. The summed E-state index contributed by atoms with van der Waals surface area (Å²) in [6.07, 6.45) is 0.850. The lowest BCUT2D eigenvalue weighted by molar-refractivity contribution is -0.139. The van der Waals surface area contributed by atoms with Crippen molar-refractivity contribution in [1.82, 2.24) is 4.90 Å². The average molecular weight is 402 g/mol. The molecule has 1 aromatic heterocycles. The zero-order valence-corrected chi connectivity index (χ0v) is 16.4. The third-order valence-corrected chi connectivity index (χ3v) is 4.74. The van der Waals surface area contributed by atoms with Gasteiger partial charge >= 0.3 is 0 Å². The number of aryl methyl sites for hydroxylation is 1. The normalized spacial score (nSPS) is 11.9. The van der Waals surface area contributed by atoms with Crippen LogP contribution in [0.2, 0.25) is 5.02 Å². The van der Waals surface area contributed by atoms with Gasteiger partial charge in [0.05, 0.1) is 12.8 Å². The van der Waals surface area contributed by atoms with E-state index in [0.717, 1.165) is 11.1 Å². The molecule has 0 N–H and O–H groups in total. The Morgan fingerprint density at radius 1 is 1.18 bits per heavy atom. The fourth-order valence-corrected chi connectivity index (χ4v) is 2.93. The van der Waals surface area contributed by atoms with E-state index in [-0.39, 0.29) is 18.3 Å². The highest BCUT2D eigenvalue weighted by Gasteiger charge is 2.23. The molecule has 0 saturated carbocycles. The SMILES string of the molecule is Cc1cc(OC(C)C(=O)N(Cc2ccc(F)cc2)Cc2ccco2)ccc1Cl. The summed E-state index contributed by atoms with van der Waals surface area (Å²) in [4.78, 5) is 14.7. The maximum atomic E-state index is 13.2. The molecule has 0 saturated heterocycles. The van der Waals surface area contributed by atoms with Crippen molar-refractivity contribution < 1.29 is 18.3 Å². The van der Waals surface area contributed by atoms with E-state index in [1.165, 1.54) is 12.1 Å². The van der Waals surface area contributed by atoms with Crippen molar-refractivity contribution in [3.8, 4) is 5.75 Å². The minimum atomic E-state index is -0.712. The molecule has 1 atom stereocenters. The molecule has 0 fully saturated rings. The Morgan fingerprint density at radius 3 is 2.57 bits per heavy atom. The lowest BCUT2D eigenvalue weighted by Crippen LogP contribution is -2.39. The topological polar surface area (TPSA) is 42.7 Å². The molecule has 0 spiro atoms. The molecule has 1 heterocycles. The Labute approximate surface area is 168 Å². The molecule has 2 aromatic carbocycles. The first-order valence-corrected chi connectivity index (χ1v) is 9.28. The lowest BCUT2D eigenvalue weighted by Gasteiger charge is -2.25. The first-order valence-electron chi connectivity index (χ1n) is 8.91. The second-order valence-corrected chi connectivity index (χ2v) is 6.98. The predicted octanol–water partition coefficient (Wildman–Crippen LogP) is 5.38. The van der Waals surface area contributed by atoms with Crippen LogP contribution in [0.15, 0.2) is 65.3 Å². The Kier molecular flexibility index (Phi) is 6.37. The van der Waals surface area contributed by atoms with Crippen molar-refractivity contribution in [2.75, 3.05) is 0 Å². The smallest absolute Gasteiger partial charge is 0.264 e. The average Bonchev–Trinajstić information content (AvgIpc) is 3.18. The quantitative estimate of drug-likeness (QED) is 0.534. The number of rotatable bonds is 7. The Balaban J connectivity index is 1.75. The van der Waals surface area contributed by atoms with Crippen LogP contribution in [-0.2, 0) is 17.9 Å². The number of nitrogens with zero attached hydrogens (tertiary/aromatic N) is 1. The maximum absolute atomic E-state index is 13.2. The number of amides is 1. The summed E-state index contributed by atoms with van der Waals surface area (Å²) in [5.41, 5.74) is 1.69. The molecular weight excluding hydrogens is 381 g/mol. The van der Waals surface area contributed by atoms with Crippen molar-refractivity contribution in [2.24, 2.45) is 0 Å². The highest BCUT2D eigenvalue weighted by molar-refractivity contribution is 6.31. The van der Waals surface area contributed by atoms with Gasteiger partial charge in [-0.2, -0.15) is 0 Å². The molecule has 0 radical (unpaired) electrons. The first kappa shape index (κ1) is 20.0. The van der Waals surface area contributed by atoms with Crippen LogP contribution in [0, 0.1) is 12.7 Å². The number of benzene rings is 2. The minimum Gasteiger partial charge on any atom is -0.481 e. The number of hydrogen-bond acceptors (Lipinski definition) is 3. The van der Waals surface area contributed by atoms with Crippen molar-refractivity contribution in [3.05, 3.63) is 88.6 Å². The van der Waals surface area contributed by atoms with Gasteiger partial charge in [-0.05, 0) is 67.4 Å². The van der Waals surface area contributed by atoms with Crippen molar-refractivity contribution in [2.45, 2.75) is 33.0 Å². The summed E-state index contributed by atoms with van der Waals surface area (Å²) >= 11 is 6.04. The summed E-state index contributed by atoms with van der Waals surface area (Å²) in [5.74, 6) is 0.711. The van der Waals surface area contributed by atoms with E-state index in [4.69, 9.17) is 20.8 Å². The fraction of sp³-hybridized carbons (Fsp3) is 0.227. The van der Waals surface area contributed by atoms with Crippen LogP contribution in [0.1, 0.15) is 23.8 Å². The summed E-state index contributed by atoms with van der Waals surface area (Å²) in [5, 5.41) is 0.641. The number of hydrogen-bond donors (Lipinski definition) is 0. The Morgan fingerprint density at radius 2 is 1.93 bits per heavy atom. The highest BCUT2D eigenvalue weighted by atomic mass is 35.5. The van der Waals surface area contributed by atoms with E-state index in [0.29, 0.717) is 23.1 Å². The molecule has 3 aromatic rings. The molecule has 4 nitrogen and oxygen atoms in total. The van der Waals surface area contributed by atoms with Gasteiger partial charge in [-0.3, -0.25) is 4.79 Å². The van der Waals surface area contributed by atoms with E-state index in [1.807, 2.05) is 6.92 Å². The van der Waals surface area contributed by atoms with Crippen LogP contribution in [-0.4, -0.2) is 16.9 Å². The van der Waals surface area contributed by atoms with Crippen LogP contribution in [0.3, 0.4) is 0 Å². The largest absolute Gasteiger partial charge is 0.481 e. The van der Waals surface area contributed by atoms with Gasteiger partial charge in [0.15, 0.2) is 6.10 Å². The van der Waals surface area contributed by atoms with Crippen LogP contribution in [0.4, 0.5) is 4.39 Å². The molecule has 0 bridgehead atoms. The molecule has 0 aliphatic rings. The molecule has 1 amide bonds. The number of halogens is 2. The van der Waals surface area contributed by atoms with Crippen molar-refractivity contribution in [1.29, 1.82) is 0 Å². The Hall–Kier alpha value is -2.79. The summed E-state index contributed by atoms with van der Waals surface area (Å²) in [7, 11) is 0. The van der Waals surface area contributed by atoms with Crippen LogP contribution < -0.4 is 4.74 Å². The van der Waals surface area contributed by atoms with Gasteiger partial charge in [0, 0.05) is 11.6 Å². The van der Waals surface area contributed by atoms with Gasteiger partial charge < -0.3 is 14.1 Å². The van der Waals surface area contributed by atoms with Gasteiger partial charge in [0.25, 0.3) is 5.91 Å². The molecule has 3 rings (SSSR count). The molecule has 0 aliphatic heterocycles. The highest BCUT2D eigenvalue weighted by Crippen LogP contribution is 2.23. The predicted molar refractivity (Wildman–Crippen MR) is 106 cm³/mol. The van der Waals surface area contributed by atoms with E-state index in [1.54, 1.807) is 60.6 Å². The Bertz CT molecular complexity index is 925. The molecular formula is C22H21ClFNO3. The van der Waals surface area contributed by atoms with Gasteiger partial charge in [-0.25, -0.2) is 4.39 Å². The van der Waals surface area contributed by atoms with Crippen LogP contribution in [0.25, 0.3) is 0 Å². The van der Waals surface area contributed by atoms with Crippen LogP contribution in [0.5, 0.6) is 5.75 Å². The second kappa shape index (κ2) is 8.93. The lowest BCUT2D eigenvalue weighted by atomic mass is 10.2. The van der Waals surface area contributed by atoms with Crippen LogP contribution >= 0.6 is 11.6 Å². The van der Waals surface area contributed by atoms with E-state index in [9.17, 15) is 9.18 Å². The summed E-state index contributed by atoms with van der Waals surface area (Å²) < 4.78 is 24.4. The van der Waals surface area contributed by atoms with E-state index < -0.39 is 6.10 Å². The monoisotopic (exact) mass is 401 g/mol. The third-order valence-electron chi connectivity index (χ3n) is 4.32. The minimum absolute atomic E-state index is 0.201. The van der Waals surface area contributed by atoms with Gasteiger partial charge in [-0.1, -0.05) is 23.7 Å². The molecule has 28 heavy (non-hydrogen) atoms. The summed E-state index contributed by atoms with van der Waals surface area (Å²) in [6.45, 7) is 4.18. The second-order valence-electron chi connectivity index (χ2n) is 6.57. The summed E-state index contributed by atoms with van der Waals surface area (Å²) in [6, 6.07) is 14.9. The van der Waals surface area contributed by atoms with Crippen molar-refractivity contribution >= 4 is 17.5 Å². The fourth-order valence-electron chi connectivity index (χ4n) is 2.81. The number of furan rings is 1. The number of ether oxygens (including phenoxy) is 1. The van der Waals surface area contributed by atoms with Gasteiger partial charge in [0.1, 0.15) is 17.3 Å².